The summed E-state index contributed by atoms with van der Waals surface area (Å²) in [5, 5.41) is 0. The molecule has 3 aromatic heterocycles. The van der Waals surface area contributed by atoms with Gasteiger partial charge >= 0.3 is 11.9 Å². The summed E-state index contributed by atoms with van der Waals surface area (Å²) in [4.78, 5) is 62.9. The van der Waals surface area contributed by atoms with Crippen LogP contribution in [0.4, 0.5) is 13.2 Å². The molecule has 0 radical (unpaired) electrons. The number of H-pyrrole nitrogens is 1. The number of carbonyl (C=O) groups excluding carboxylic acids is 2. The van der Waals surface area contributed by atoms with Gasteiger partial charge < -0.3 is 37.8 Å². The van der Waals surface area contributed by atoms with Crippen LogP contribution in [0, 0.1) is 17.5 Å². The van der Waals surface area contributed by atoms with Gasteiger partial charge in [0.2, 0.25) is 5.56 Å². The number of rotatable bonds is 12. The number of pyridine rings is 3. The van der Waals surface area contributed by atoms with E-state index in [2.05, 4.69) is 4.98 Å². The first kappa shape index (κ1) is 55.3. The Bertz CT molecular complexity index is 3380. The molecule has 0 amide bonds. The van der Waals surface area contributed by atoms with E-state index in [1.165, 1.54) is 50.6 Å². The summed E-state index contributed by atoms with van der Waals surface area (Å²) in [6.07, 6.45) is 10.0. The lowest BCUT2D eigenvalue weighted by molar-refractivity contribution is 0.0355. The maximum Gasteiger partial charge on any atom is 0.337 e. The SMILES string of the molecule is COC(=O)c1ccc(Cn2ccc(C3(c4ccc(F)cc4)CCCO3)cc2=O)cc1.COC(=O)c1ccc(Cn2ccc(C3(c4ccc(F)cc4)CCCO3)cc2=O)cc1.O=c1cc(C2(c3ccc(F)cc3)CCCO2)cc[nH]1. The van der Waals surface area contributed by atoms with E-state index in [4.69, 9.17) is 23.7 Å². The Morgan fingerprint density at radius 3 is 1.10 bits per heavy atom. The molecule has 0 spiro atoms. The zero-order valence-electron chi connectivity index (χ0n) is 43.6. The molecule has 6 heterocycles. The average Bonchev–Trinajstić information content (AvgIpc) is 4.41. The minimum atomic E-state index is -0.728. The number of aromatic nitrogens is 3. The van der Waals surface area contributed by atoms with Gasteiger partial charge in [-0.3, -0.25) is 14.4 Å². The summed E-state index contributed by atoms with van der Waals surface area (Å²) in [5.41, 5.74) is 5.11. The van der Waals surface area contributed by atoms with Crippen molar-refractivity contribution in [1.82, 2.24) is 14.1 Å². The molecule has 3 atom stereocenters. The van der Waals surface area contributed by atoms with Gasteiger partial charge in [-0.1, -0.05) is 60.7 Å². The molecule has 3 aliphatic rings. The Hall–Kier alpha value is -8.44. The highest BCUT2D eigenvalue weighted by atomic mass is 19.1. The van der Waals surface area contributed by atoms with E-state index in [1.807, 2.05) is 18.2 Å². The predicted molar refractivity (Wildman–Crippen MR) is 289 cm³/mol. The van der Waals surface area contributed by atoms with E-state index >= 15 is 0 Å². The third-order valence-corrected chi connectivity index (χ3v) is 14.6. The maximum absolute atomic E-state index is 13.4. The first-order chi connectivity index (χ1) is 38.2. The Labute approximate surface area is 453 Å². The van der Waals surface area contributed by atoms with Crippen LogP contribution in [0.1, 0.15) is 104 Å². The monoisotopic (exact) mass is 1070 g/mol. The molecule has 79 heavy (non-hydrogen) atoms. The van der Waals surface area contributed by atoms with E-state index in [-0.39, 0.29) is 34.1 Å². The van der Waals surface area contributed by atoms with Crippen LogP contribution in [0.15, 0.2) is 191 Å². The van der Waals surface area contributed by atoms with Gasteiger partial charge in [0.05, 0.1) is 38.4 Å². The van der Waals surface area contributed by atoms with Gasteiger partial charge in [0.25, 0.3) is 11.1 Å². The number of esters is 2. The molecular formula is C63H58F3N3O10. The summed E-state index contributed by atoms with van der Waals surface area (Å²) < 4.78 is 70.6. The second-order valence-electron chi connectivity index (χ2n) is 19.4. The van der Waals surface area contributed by atoms with Gasteiger partial charge in [0, 0.05) is 56.6 Å². The van der Waals surface area contributed by atoms with Gasteiger partial charge in [-0.25, -0.2) is 22.8 Å². The molecule has 3 saturated heterocycles. The van der Waals surface area contributed by atoms with E-state index < -0.39 is 28.7 Å². The molecule has 5 aromatic carbocycles. The van der Waals surface area contributed by atoms with E-state index in [9.17, 15) is 37.1 Å². The molecule has 0 bridgehead atoms. The van der Waals surface area contributed by atoms with Crippen LogP contribution < -0.4 is 16.7 Å². The summed E-state index contributed by atoms with van der Waals surface area (Å²) in [6, 6.07) is 43.1. The highest BCUT2D eigenvalue weighted by molar-refractivity contribution is 5.89. The third kappa shape index (κ3) is 12.3. The fraction of sp³-hybridized carbons (Fsp3) is 0.254. The minimum absolute atomic E-state index is 0.151. The smallest absolute Gasteiger partial charge is 0.337 e. The number of aromatic amines is 1. The normalized spacial score (nSPS) is 19.4. The number of hydrogen-bond donors (Lipinski definition) is 1. The molecule has 3 unspecified atom stereocenters. The molecule has 11 rings (SSSR count). The highest BCUT2D eigenvalue weighted by Gasteiger charge is 2.41. The summed E-state index contributed by atoms with van der Waals surface area (Å²) in [6.45, 7) is 2.58. The molecule has 8 aromatic rings. The fourth-order valence-electron chi connectivity index (χ4n) is 10.5. The van der Waals surface area contributed by atoms with Gasteiger partial charge in [0.1, 0.15) is 34.3 Å². The zero-order chi connectivity index (χ0) is 55.6. The van der Waals surface area contributed by atoms with E-state index in [0.29, 0.717) is 44.0 Å². The van der Waals surface area contributed by atoms with Crippen LogP contribution in [0.2, 0.25) is 0 Å². The van der Waals surface area contributed by atoms with Crippen LogP contribution in [0.25, 0.3) is 0 Å². The maximum atomic E-state index is 13.4. The molecule has 3 aliphatic heterocycles. The number of hydrogen-bond acceptors (Lipinski definition) is 10. The molecule has 16 heteroatoms. The van der Waals surface area contributed by atoms with Crippen molar-refractivity contribution in [3.05, 3.63) is 280 Å². The van der Waals surface area contributed by atoms with Crippen LogP contribution in [-0.4, -0.2) is 60.1 Å². The highest BCUT2D eigenvalue weighted by Crippen LogP contribution is 2.44. The topological polar surface area (TPSA) is 157 Å². The Morgan fingerprint density at radius 2 is 0.810 bits per heavy atom. The largest absolute Gasteiger partial charge is 0.465 e. The molecule has 0 saturated carbocycles. The number of methoxy groups -OCH3 is 2. The molecular weight excluding hydrogens is 1020 g/mol. The number of nitrogens with one attached hydrogen (secondary N) is 1. The number of benzene rings is 5. The first-order valence-corrected chi connectivity index (χ1v) is 25.9. The third-order valence-electron chi connectivity index (χ3n) is 14.6. The average molecular weight is 1070 g/mol. The summed E-state index contributed by atoms with van der Waals surface area (Å²) in [5.74, 6) is -1.68. The van der Waals surface area contributed by atoms with Crippen molar-refractivity contribution in [2.24, 2.45) is 0 Å². The lowest BCUT2D eigenvalue weighted by Gasteiger charge is -2.29. The quantitative estimate of drug-likeness (QED) is 0.117. The van der Waals surface area contributed by atoms with Crippen LogP contribution in [-0.2, 0) is 53.6 Å². The van der Waals surface area contributed by atoms with Crippen LogP contribution >= 0.6 is 0 Å². The number of nitrogens with zero attached hydrogens (tertiary/aromatic N) is 2. The summed E-state index contributed by atoms with van der Waals surface area (Å²) in [7, 11) is 2.67. The molecule has 406 valence electrons. The van der Waals surface area contributed by atoms with Crippen molar-refractivity contribution >= 4 is 11.9 Å². The van der Waals surface area contributed by atoms with Gasteiger partial charge in [-0.05, 0) is 162 Å². The second kappa shape index (κ2) is 24.5. The minimum Gasteiger partial charge on any atom is -0.465 e. The molecule has 3 fully saturated rings. The van der Waals surface area contributed by atoms with Crippen LogP contribution in [0.3, 0.4) is 0 Å². The standard InChI is InChI=1S/2C24H22FNO4.C15H14FNO2/c2*1-29-23(28)18-5-3-17(4-6-18)16-26-13-11-20(15-22(26)27)24(12-2-14-30-24)19-7-9-21(25)10-8-19;16-13-4-2-11(3-5-13)15(7-1-9-19-15)12-6-8-17-14(18)10-12/h2*3-11,13,15H,2,12,14,16H2,1H3;2-6,8,10H,1,7,9H2,(H,17,18). The Kier molecular flexibility index (Phi) is 17.1. The van der Waals surface area contributed by atoms with Crippen molar-refractivity contribution in [3.63, 3.8) is 0 Å². The Morgan fingerprint density at radius 1 is 0.468 bits per heavy atom. The van der Waals surface area contributed by atoms with Crippen molar-refractivity contribution in [1.29, 1.82) is 0 Å². The van der Waals surface area contributed by atoms with Gasteiger partial charge in [-0.2, -0.15) is 0 Å². The summed E-state index contributed by atoms with van der Waals surface area (Å²) >= 11 is 0. The lowest BCUT2D eigenvalue weighted by atomic mass is 9.84. The number of carbonyl (C=O) groups is 2. The van der Waals surface area contributed by atoms with E-state index in [1.54, 1.807) is 131 Å². The van der Waals surface area contributed by atoms with Crippen molar-refractivity contribution < 1.29 is 46.4 Å². The number of halogens is 3. The van der Waals surface area contributed by atoms with Crippen molar-refractivity contribution in [3.8, 4) is 0 Å². The van der Waals surface area contributed by atoms with E-state index in [0.717, 1.165) is 83.0 Å². The lowest BCUT2D eigenvalue weighted by Crippen LogP contribution is -2.30. The van der Waals surface area contributed by atoms with Crippen LogP contribution in [0.5, 0.6) is 0 Å². The first-order valence-electron chi connectivity index (χ1n) is 25.9. The Balaban J connectivity index is 0.000000148. The fourth-order valence-corrected chi connectivity index (χ4v) is 10.5. The second-order valence-corrected chi connectivity index (χ2v) is 19.4. The predicted octanol–water partition coefficient (Wildman–Crippen LogP) is 10.3. The molecule has 0 aliphatic carbocycles. The molecule has 13 nitrogen and oxygen atoms in total. The zero-order valence-corrected chi connectivity index (χ0v) is 43.6. The molecule has 1 N–H and O–H groups in total. The van der Waals surface area contributed by atoms with Crippen molar-refractivity contribution in [2.75, 3.05) is 34.0 Å². The van der Waals surface area contributed by atoms with Gasteiger partial charge in [0.15, 0.2) is 0 Å². The van der Waals surface area contributed by atoms with Gasteiger partial charge in [-0.15, -0.1) is 0 Å². The number of ether oxygens (including phenoxy) is 5. The van der Waals surface area contributed by atoms with Crippen molar-refractivity contribution in [2.45, 2.75) is 68.4 Å².